The Bertz CT molecular complexity index is 646. The number of piperidine rings is 1. The van der Waals surface area contributed by atoms with E-state index in [-0.39, 0.29) is 16.9 Å². The van der Waals surface area contributed by atoms with Crippen molar-refractivity contribution in [3.8, 4) is 0 Å². The summed E-state index contributed by atoms with van der Waals surface area (Å²) in [5.74, 6) is 0.991. The summed E-state index contributed by atoms with van der Waals surface area (Å²) in [6.07, 6.45) is 6.82. The van der Waals surface area contributed by atoms with Crippen LogP contribution in [0.4, 0.5) is 0 Å². The van der Waals surface area contributed by atoms with E-state index in [4.69, 9.17) is 9.15 Å². The van der Waals surface area contributed by atoms with E-state index in [0.29, 0.717) is 6.61 Å². The number of furan rings is 1. The second kappa shape index (κ2) is 6.44. The molecular weight excluding hydrogens is 328 g/mol. The molecule has 0 aromatic carbocycles. The number of rotatable bonds is 5. The van der Waals surface area contributed by atoms with Gasteiger partial charge in [0.05, 0.1) is 23.7 Å². The van der Waals surface area contributed by atoms with Crippen molar-refractivity contribution < 1.29 is 17.6 Å². The van der Waals surface area contributed by atoms with Crippen LogP contribution in [0.15, 0.2) is 22.8 Å². The monoisotopic (exact) mass is 354 g/mol. The molecule has 1 aromatic heterocycles. The van der Waals surface area contributed by atoms with Gasteiger partial charge in [0.15, 0.2) is 0 Å². The lowest BCUT2D eigenvalue weighted by molar-refractivity contribution is -0.118. The summed E-state index contributed by atoms with van der Waals surface area (Å²) in [5, 5.41) is -0.147. The number of hydrogen-bond donors (Lipinski definition) is 1. The molecule has 0 bridgehead atoms. The second-order valence-corrected chi connectivity index (χ2v) is 9.43. The van der Waals surface area contributed by atoms with Gasteiger partial charge in [-0.2, -0.15) is 0 Å². The first-order valence-electron chi connectivity index (χ1n) is 8.95. The van der Waals surface area contributed by atoms with Gasteiger partial charge in [0, 0.05) is 25.7 Å². The Morgan fingerprint density at radius 2 is 2.04 bits per heavy atom. The molecule has 1 saturated carbocycles. The summed E-state index contributed by atoms with van der Waals surface area (Å²) in [6, 6.07) is 3.95. The Labute approximate surface area is 143 Å². The van der Waals surface area contributed by atoms with Crippen LogP contribution >= 0.6 is 0 Å². The van der Waals surface area contributed by atoms with Gasteiger partial charge in [-0.05, 0) is 50.7 Å². The number of hydrogen-bond acceptors (Lipinski definition) is 5. The summed E-state index contributed by atoms with van der Waals surface area (Å²) in [6.45, 7) is 3.41. The molecule has 4 rings (SSSR count). The maximum atomic E-state index is 12.2. The summed E-state index contributed by atoms with van der Waals surface area (Å²) in [7, 11) is -3.12. The van der Waals surface area contributed by atoms with Crippen LogP contribution in [0.3, 0.4) is 0 Å². The highest BCUT2D eigenvalue weighted by Crippen LogP contribution is 2.36. The van der Waals surface area contributed by atoms with Crippen molar-refractivity contribution >= 4 is 10.0 Å². The molecule has 1 aromatic rings. The third-order valence-corrected chi connectivity index (χ3v) is 7.52. The first-order valence-corrected chi connectivity index (χ1v) is 10.5. The standard InChI is InChI=1S/C17H26N2O4S/c20-24(21,16-3-4-16)18-14-5-11-23-17(12-14)6-8-19(9-7-17)13-15-2-1-10-22-15/h1-2,10,14,16,18H,3-9,11-13H2/t14-/m0/s1. The average molecular weight is 354 g/mol. The van der Waals surface area contributed by atoms with Crippen LogP contribution in [0.2, 0.25) is 0 Å². The molecule has 24 heavy (non-hydrogen) atoms. The zero-order chi connectivity index (χ0) is 16.6. The third-order valence-electron chi connectivity index (χ3n) is 5.51. The fourth-order valence-electron chi connectivity index (χ4n) is 3.93. The van der Waals surface area contributed by atoms with Gasteiger partial charge in [-0.25, -0.2) is 13.1 Å². The SMILES string of the molecule is O=S(=O)(N[C@H]1CCOC2(CCN(Cc3ccco3)CC2)C1)C1CC1. The van der Waals surface area contributed by atoms with Gasteiger partial charge in [-0.15, -0.1) is 0 Å². The maximum Gasteiger partial charge on any atom is 0.214 e. The van der Waals surface area contributed by atoms with Gasteiger partial charge in [-0.3, -0.25) is 4.90 Å². The Morgan fingerprint density at radius 1 is 1.25 bits per heavy atom. The highest BCUT2D eigenvalue weighted by atomic mass is 32.2. The summed E-state index contributed by atoms with van der Waals surface area (Å²) >= 11 is 0. The Kier molecular flexibility index (Phi) is 4.45. The minimum atomic E-state index is -3.12. The number of nitrogens with zero attached hydrogens (tertiary/aromatic N) is 1. The molecule has 3 fully saturated rings. The molecule has 3 aliphatic rings. The van der Waals surface area contributed by atoms with E-state index < -0.39 is 10.0 Å². The molecule has 0 amide bonds. The van der Waals surface area contributed by atoms with Crippen LogP contribution in [0.5, 0.6) is 0 Å². The van der Waals surface area contributed by atoms with E-state index in [1.54, 1.807) is 6.26 Å². The molecule has 2 aliphatic heterocycles. The summed E-state index contributed by atoms with van der Waals surface area (Å²) in [4.78, 5) is 2.38. The van der Waals surface area contributed by atoms with Crippen LogP contribution in [-0.4, -0.2) is 49.9 Å². The zero-order valence-corrected chi connectivity index (χ0v) is 14.8. The molecular formula is C17H26N2O4S. The quantitative estimate of drug-likeness (QED) is 0.874. The first-order chi connectivity index (χ1) is 11.5. The molecule has 0 radical (unpaired) electrons. The van der Waals surface area contributed by atoms with Crippen molar-refractivity contribution in [3.63, 3.8) is 0 Å². The van der Waals surface area contributed by atoms with Crippen molar-refractivity contribution in [2.45, 2.75) is 62.0 Å². The second-order valence-electron chi connectivity index (χ2n) is 7.44. The van der Waals surface area contributed by atoms with Crippen molar-refractivity contribution in [2.24, 2.45) is 0 Å². The molecule has 134 valence electrons. The molecule has 2 saturated heterocycles. The fraction of sp³-hybridized carbons (Fsp3) is 0.765. The van der Waals surface area contributed by atoms with Crippen LogP contribution in [0.1, 0.15) is 44.3 Å². The van der Waals surface area contributed by atoms with Gasteiger partial charge in [0.1, 0.15) is 5.76 Å². The molecule has 0 unspecified atom stereocenters. The first kappa shape index (κ1) is 16.6. The van der Waals surface area contributed by atoms with Gasteiger partial charge >= 0.3 is 0 Å². The summed E-state index contributed by atoms with van der Waals surface area (Å²) < 4.78 is 38.9. The van der Waals surface area contributed by atoms with Crippen molar-refractivity contribution in [3.05, 3.63) is 24.2 Å². The van der Waals surface area contributed by atoms with E-state index in [9.17, 15) is 8.42 Å². The number of sulfonamides is 1. The van der Waals surface area contributed by atoms with E-state index >= 15 is 0 Å². The highest BCUT2D eigenvalue weighted by Gasteiger charge is 2.43. The normalized spacial score (nSPS) is 28.2. The lowest BCUT2D eigenvalue weighted by atomic mass is 9.82. The Balaban J connectivity index is 1.32. The number of ether oxygens (including phenoxy) is 1. The van der Waals surface area contributed by atoms with Gasteiger partial charge < -0.3 is 9.15 Å². The zero-order valence-electron chi connectivity index (χ0n) is 13.9. The summed E-state index contributed by atoms with van der Waals surface area (Å²) in [5.41, 5.74) is -0.158. The largest absolute Gasteiger partial charge is 0.468 e. The lowest BCUT2D eigenvalue weighted by Gasteiger charge is -2.46. The van der Waals surface area contributed by atoms with E-state index in [0.717, 1.165) is 63.9 Å². The van der Waals surface area contributed by atoms with E-state index in [1.807, 2.05) is 12.1 Å². The van der Waals surface area contributed by atoms with E-state index in [2.05, 4.69) is 9.62 Å². The maximum absolute atomic E-state index is 12.2. The molecule has 1 atom stereocenters. The average Bonchev–Trinajstić information content (AvgIpc) is 3.30. The van der Waals surface area contributed by atoms with Crippen molar-refractivity contribution in [1.29, 1.82) is 0 Å². The van der Waals surface area contributed by atoms with Gasteiger partial charge in [0.25, 0.3) is 0 Å². The topological polar surface area (TPSA) is 71.8 Å². The molecule has 6 nitrogen and oxygen atoms in total. The fourth-order valence-corrected chi connectivity index (χ4v) is 5.54. The Hall–Kier alpha value is -0.890. The smallest absolute Gasteiger partial charge is 0.214 e. The molecule has 1 spiro atoms. The van der Waals surface area contributed by atoms with Crippen LogP contribution < -0.4 is 4.72 Å². The molecule has 1 aliphatic carbocycles. The van der Waals surface area contributed by atoms with Gasteiger partial charge in [-0.1, -0.05) is 0 Å². The molecule has 7 heteroatoms. The number of likely N-dealkylation sites (tertiary alicyclic amines) is 1. The number of nitrogens with one attached hydrogen (secondary N) is 1. The van der Waals surface area contributed by atoms with Gasteiger partial charge in [0.2, 0.25) is 10.0 Å². The molecule has 1 N–H and O–H groups in total. The van der Waals surface area contributed by atoms with Crippen molar-refractivity contribution in [1.82, 2.24) is 9.62 Å². The third kappa shape index (κ3) is 3.69. The minimum Gasteiger partial charge on any atom is -0.468 e. The lowest BCUT2D eigenvalue weighted by Crippen LogP contribution is -2.53. The predicted octanol–water partition coefficient (Wildman–Crippen LogP) is 1.88. The molecule has 3 heterocycles. The minimum absolute atomic E-state index is 0.0287. The van der Waals surface area contributed by atoms with Crippen molar-refractivity contribution in [2.75, 3.05) is 19.7 Å². The Morgan fingerprint density at radius 3 is 2.71 bits per heavy atom. The van der Waals surface area contributed by atoms with E-state index in [1.165, 1.54) is 0 Å². The predicted molar refractivity (Wildman–Crippen MR) is 90.0 cm³/mol. The van der Waals surface area contributed by atoms with Crippen LogP contribution in [0, 0.1) is 0 Å². The highest BCUT2D eigenvalue weighted by molar-refractivity contribution is 7.90. The van der Waals surface area contributed by atoms with Crippen LogP contribution in [0.25, 0.3) is 0 Å². The van der Waals surface area contributed by atoms with Crippen LogP contribution in [-0.2, 0) is 21.3 Å².